The van der Waals surface area contributed by atoms with Crippen LogP contribution in [0.5, 0.6) is 0 Å². The molecular weight excluding hydrogens is 256 g/mol. The van der Waals surface area contributed by atoms with Crippen LogP contribution >= 0.6 is 0 Å². The van der Waals surface area contributed by atoms with Crippen molar-refractivity contribution in [2.75, 3.05) is 26.2 Å². The molecule has 2 nitrogen and oxygen atoms in total. The minimum atomic E-state index is 0.579. The third-order valence-corrected chi connectivity index (χ3v) is 4.47. The minimum Gasteiger partial charge on any atom is -0.314 e. The Morgan fingerprint density at radius 3 is 2.05 bits per heavy atom. The van der Waals surface area contributed by atoms with Crippen LogP contribution in [0.4, 0.5) is 0 Å². The molecule has 0 radical (unpaired) electrons. The number of hydrogen-bond donors (Lipinski definition) is 1. The largest absolute Gasteiger partial charge is 0.314 e. The first-order chi connectivity index (χ1) is 10.0. The van der Waals surface area contributed by atoms with Crippen LogP contribution in [0.3, 0.4) is 0 Å². The van der Waals surface area contributed by atoms with Gasteiger partial charge in [-0.05, 0) is 76.5 Å². The monoisotopic (exact) mass is 290 g/mol. The molecule has 0 heterocycles. The Morgan fingerprint density at radius 1 is 1.00 bits per heavy atom. The van der Waals surface area contributed by atoms with Gasteiger partial charge in [0.2, 0.25) is 0 Å². The molecule has 0 aliphatic carbocycles. The molecule has 120 valence electrons. The van der Waals surface area contributed by atoms with Crippen molar-refractivity contribution >= 4 is 0 Å². The molecule has 0 spiro atoms. The molecule has 0 aromatic heterocycles. The first-order valence-corrected chi connectivity index (χ1v) is 8.54. The lowest BCUT2D eigenvalue weighted by molar-refractivity contribution is 0.281. The number of likely N-dealkylation sites (N-methyl/N-ethyl adjacent to an activating group) is 1. The summed E-state index contributed by atoms with van der Waals surface area (Å²) in [5.74, 6) is 0. The molecule has 1 rings (SSSR count). The van der Waals surface area contributed by atoms with Gasteiger partial charge in [0.15, 0.2) is 0 Å². The van der Waals surface area contributed by atoms with E-state index in [2.05, 4.69) is 63.9 Å². The number of rotatable bonds is 9. The van der Waals surface area contributed by atoms with E-state index in [0.717, 1.165) is 26.1 Å². The molecule has 2 heteroatoms. The molecule has 21 heavy (non-hydrogen) atoms. The average Bonchev–Trinajstić information content (AvgIpc) is 2.43. The standard InChI is InChI=1S/C19H34N2/c1-7-20-18(10-11-21(8-2)9-3)14-19-16(5)12-15(4)13-17(19)6/h12-13,18,20H,7-11,14H2,1-6H3. The molecule has 0 aliphatic heterocycles. The van der Waals surface area contributed by atoms with Crippen molar-refractivity contribution in [1.29, 1.82) is 0 Å². The third kappa shape index (κ3) is 5.80. The van der Waals surface area contributed by atoms with E-state index in [1.165, 1.54) is 35.2 Å². The highest BCUT2D eigenvalue weighted by Gasteiger charge is 2.13. The maximum Gasteiger partial charge on any atom is 0.0120 e. The SMILES string of the molecule is CCNC(CCN(CC)CC)Cc1c(C)cc(C)cc1C. The summed E-state index contributed by atoms with van der Waals surface area (Å²) in [6.07, 6.45) is 2.37. The molecule has 1 aromatic rings. The molecule has 0 amide bonds. The molecular formula is C19H34N2. The van der Waals surface area contributed by atoms with Crippen molar-refractivity contribution in [3.8, 4) is 0 Å². The second-order valence-electron chi connectivity index (χ2n) is 6.15. The molecule has 0 saturated carbocycles. The Bertz CT molecular complexity index is 399. The Labute approximate surface area is 131 Å². The van der Waals surface area contributed by atoms with Crippen LogP contribution in [0.2, 0.25) is 0 Å². The zero-order valence-electron chi connectivity index (χ0n) is 14.9. The summed E-state index contributed by atoms with van der Waals surface area (Å²) in [6.45, 7) is 17.9. The van der Waals surface area contributed by atoms with Gasteiger partial charge in [-0.2, -0.15) is 0 Å². The molecule has 0 saturated heterocycles. The second-order valence-corrected chi connectivity index (χ2v) is 6.15. The van der Waals surface area contributed by atoms with Crippen molar-refractivity contribution in [1.82, 2.24) is 10.2 Å². The van der Waals surface area contributed by atoms with E-state index in [4.69, 9.17) is 0 Å². The van der Waals surface area contributed by atoms with Gasteiger partial charge in [-0.1, -0.05) is 38.5 Å². The number of nitrogens with one attached hydrogen (secondary N) is 1. The summed E-state index contributed by atoms with van der Waals surface area (Å²) in [6, 6.07) is 5.21. The fourth-order valence-electron chi connectivity index (χ4n) is 3.22. The summed E-state index contributed by atoms with van der Waals surface area (Å²) < 4.78 is 0. The molecule has 1 N–H and O–H groups in total. The van der Waals surface area contributed by atoms with Crippen LogP contribution in [-0.2, 0) is 6.42 Å². The van der Waals surface area contributed by atoms with E-state index in [0.29, 0.717) is 6.04 Å². The number of aryl methyl sites for hydroxylation is 3. The smallest absolute Gasteiger partial charge is 0.0120 e. The quantitative estimate of drug-likeness (QED) is 0.743. The van der Waals surface area contributed by atoms with Crippen LogP contribution < -0.4 is 5.32 Å². The molecule has 1 unspecified atom stereocenters. The van der Waals surface area contributed by atoms with Crippen LogP contribution in [0.25, 0.3) is 0 Å². The Kier molecular flexibility index (Phi) is 7.98. The van der Waals surface area contributed by atoms with Crippen molar-refractivity contribution < 1.29 is 0 Å². The predicted octanol–water partition coefficient (Wildman–Crippen LogP) is 3.86. The van der Waals surface area contributed by atoms with Gasteiger partial charge >= 0.3 is 0 Å². The zero-order valence-corrected chi connectivity index (χ0v) is 14.9. The Morgan fingerprint density at radius 2 is 1.57 bits per heavy atom. The van der Waals surface area contributed by atoms with Gasteiger partial charge in [0.1, 0.15) is 0 Å². The molecule has 1 atom stereocenters. The summed E-state index contributed by atoms with van der Waals surface area (Å²) in [4.78, 5) is 2.51. The van der Waals surface area contributed by atoms with Gasteiger partial charge in [0.05, 0.1) is 0 Å². The fourth-order valence-corrected chi connectivity index (χ4v) is 3.22. The van der Waals surface area contributed by atoms with E-state index in [1.807, 2.05) is 0 Å². The van der Waals surface area contributed by atoms with Gasteiger partial charge in [-0.3, -0.25) is 0 Å². The lowest BCUT2D eigenvalue weighted by Gasteiger charge is -2.24. The summed E-state index contributed by atoms with van der Waals surface area (Å²) in [5, 5.41) is 3.68. The zero-order chi connectivity index (χ0) is 15.8. The topological polar surface area (TPSA) is 15.3 Å². The van der Waals surface area contributed by atoms with Gasteiger partial charge in [-0.25, -0.2) is 0 Å². The maximum atomic E-state index is 3.68. The van der Waals surface area contributed by atoms with E-state index < -0.39 is 0 Å². The molecule has 0 fully saturated rings. The highest BCUT2D eigenvalue weighted by atomic mass is 15.1. The lowest BCUT2D eigenvalue weighted by atomic mass is 9.93. The highest BCUT2D eigenvalue weighted by Crippen LogP contribution is 2.19. The molecule has 0 bridgehead atoms. The Hall–Kier alpha value is -0.860. The minimum absolute atomic E-state index is 0.579. The van der Waals surface area contributed by atoms with E-state index in [9.17, 15) is 0 Å². The highest BCUT2D eigenvalue weighted by molar-refractivity contribution is 5.38. The summed E-state index contributed by atoms with van der Waals surface area (Å²) in [5.41, 5.74) is 5.79. The summed E-state index contributed by atoms with van der Waals surface area (Å²) in [7, 11) is 0. The fraction of sp³-hybridized carbons (Fsp3) is 0.684. The van der Waals surface area contributed by atoms with Crippen LogP contribution in [0.1, 0.15) is 49.4 Å². The normalized spacial score (nSPS) is 12.9. The van der Waals surface area contributed by atoms with Crippen molar-refractivity contribution in [3.63, 3.8) is 0 Å². The van der Waals surface area contributed by atoms with E-state index >= 15 is 0 Å². The van der Waals surface area contributed by atoms with Gasteiger partial charge in [0, 0.05) is 6.04 Å². The van der Waals surface area contributed by atoms with Crippen molar-refractivity contribution in [2.24, 2.45) is 0 Å². The molecule has 0 aliphatic rings. The lowest BCUT2D eigenvalue weighted by Crippen LogP contribution is -2.36. The first kappa shape index (κ1) is 18.2. The summed E-state index contributed by atoms with van der Waals surface area (Å²) >= 11 is 0. The van der Waals surface area contributed by atoms with Gasteiger partial charge in [0.25, 0.3) is 0 Å². The third-order valence-electron chi connectivity index (χ3n) is 4.47. The Balaban J connectivity index is 2.74. The van der Waals surface area contributed by atoms with Gasteiger partial charge < -0.3 is 10.2 Å². The predicted molar refractivity (Wildman–Crippen MR) is 94.2 cm³/mol. The van der Waals surface area contributed by atoms with Crippen molar-refractivity contribution in [2.45, 2.75) is 60.4 Å². The second kappa shape index (κ2) is 9.22. The number of nitrogens with zero attached hydrogens (tertiary/aromatic N) is 1. The average molecular weight is 290 g/mol. The van der Waals surface area contributed by atoms with Crippen molar-refractivity contribution in [3.05, 3.63) is 34.4 Å². The van der Waals surface area contributed by atoms with Crippen LogP contribution in [0, 0.1) is 20.8 Å². The van der Waals surface area contributed by atoms with E-state index in [-0.39, 0.29) is 0 Å². The van der Waals surface area contributed by atoms with E-state index in [1.54, 1.807) is 0 Å². The first-order valence-electron chi connectivity index (χ1n) is 8.54. The van der Waals surface area contributed by atoms with Crippen LogP contribution in [-0.4, -0.2) is 37.1 Å². The molecule has 1 aromatic carbocycles. The van der Waals surface area contributed by atoms with Gasteiger partial charge in [-0.15, -0.1) is 0 Å². The van der Waals surface area contributed by atoms with Crippen LogP contribution in [0.15, 0.2) is 12.1 Å². The number of hydrogen-bond acceptors (Lipinski definition) is 2. The maximum absolute atomic E-state index is 3.68. The number of benzene rings is 1.